The molecule has 0 fully saturated rings. The molecule has 0 spiro atoms. The summed E-state index contributed by atoms with van der Waals surface area (Å²) in [4.78, 5) is 24.3. The molecule has 5 nitrogen and oxygen atoms in total. The number of anilines is 1. The Bertz CT molecular complexity index is 518. The van der Waals surface area contributed by atoms with E-state index in [2.05, 4.69) is 37.2 Å². The number of rotatable bonds is 3. The minimum atomic E-state index is -1.29. The lowest BCUT2D eigenvalue weighted by molar-refractivity contribution is -0.146. The van der Waals surface area contributed by atoms with Gasteiger partial charge in [0.2, 0.25) is 0 Å². The van der Waals surface area contributed by atoms with Crippen LogP contribution in [0.3, 0.4) is 0 Å². The van der Waals surface area contributed by atoms with Crippen molar-refractivity contribution >= 4 is 49.5 Å². The zero-order chi connectivity index (χ0) is 14.8. The molecule has 0 aliphatic rings. The van der Waals surface area contributed by atoms with E-state index in [1.54, 1.807) is 18.2 Å². The van der Waals surface area contributed by atoms with Gasteiger partial charge in [0.1, 0.15) is 5.54 Å². The van der Waals surface area contributed by atoms with E-state index >= 15 is 0 Å². The van der Waals surface area contributed by atoms with E-state index in [0.29, 0.717) is 10.2 Å². The second-order valence-electron chi connectivity index (χ2n) is 4.48. The molecule has 2 amide bonds. The highest BCUT2D eigenvalue weighted by Gasteiger charge is 2.35. The summed E-state index contributed by atoms with van der Waals surface area (Å²) in [6.07, 6.45) is 0. The third-order valence-electron chi connectivity index (χ3n) is 2.84. The van der Waals surface area contributed by atoms with Crippen LogP contribution in [0.4, 0.5) is 10.5 Å². The largest absolute Gasteiger partial charge is 0.480 e. The Morgan fingerprint density at radius 3 is 2.37 bits per heavy atom. The van der Waals surface area contributed by atoms with Crippen molar-refractivity contribution in [2.45, 2.75) is 19.4 Å². The van der Waals surface area contributed by atoms with Crippen molar-refractivity contribution in [1.82, 2.24) is 4.90 Å². The van der Waals surface area contributed by atoms with Crippen molar-refractivity contribution in [2.75, 3.05) is 12.4 Å². The number of carbonyl (C=O) groups excluding carboxylic acids is 1. The Labute approximate surface area is 128 Å². The molecule has 1 aromatic carbocycles. The van der Waals surface area contributed by atoms with Crippen molar-refractivity contribution in [3.63, 3.8) is 0 Å². The number of urea groups is 1. The molecule has 0 bridgehead atoms. The average molecular weight is 394 g/mol. The van der Waals surface area contributed by atoms with Crippen molar-refractivity contribution < 1.29 is 14.7 Å². The number of halogens is 2. The molecule has 2 N–H and O–H groups in total. The number of carboxylic acids is 1. The van der Waals surface area contributed by atoms with Crippen LogP contribution in [0.1, 0.15) is 13.8 Å². The first kappa shape index (κ1) is 16.0. The number of carboxylic acid groups (broad SMARTS) is 1. The maximum Gasteiger partial charge on any atom is 0.329 e. The van der Waals surface area contributed by atoms with E-state index in [1.165, 1.54) is 20.9 Å². The van der Waals surface area contributed by atoms with Crippen LogP contribution in [0.2, 0.25) is 0 Å². The molecule has 0 aliphatic heterocycles. The number of hydrogen-bond acceptors (Lipinski definition) is 2. The molecule has 0 saturated heterocycles. The lowest BCUT2D eigenvalue weighted by Crippen LogP contribution is -2.52. The molecule has 1 aromatic rings. The Morgan fingerprint density at radius 2 is 1.89 bits per heavy atom. The van der Waals surface area contributed by atoms with Crippen LogP contribution in [-0.2, 0) is 4.79 Å². The molecular weight excluding hydrogens is 380 g/mol. The minimum Gasteiger partial charge on any atom is -0.480 e. The number of likely N-dealkylation sites (N-methyl/N-ethyl adjacent to an activating group) is 1. The normalized spacial score (nSPS) is 11.0. The summed E-state index contributed by atoms with van der Waals surface area (Å²) < 4.78 is 1.58. The van der Waals surface area contributed by atoms with Gasteiger partial charge in [0, 0.05) is 16.0 Å². The maximum atomic E-state index is 12.0. The van der Waals surface area contributed by atoms with E-state index < -0.39 is 17.5 Å². The minimum absolute atomic E-state index is 0.490. The van der Waals surface area contributed by atoms with Gasteiger partial charge in [-0.05, 0) is 48.0 Å². The molecule has 0 atom stereocenters. The zero-order valence-electron chi connectivity index (χ0n) is 10.7. The van der Waals surface area contributed by atoms with E-state index in [0.717, 1.165) is 9.37 Å². The summed E-state index contributed by atoms with van der Waals surface area (Å²) in [7, 11) is 1.44. The first-order valence-corrected chi connectivity index (χ1v) is 6.98. The Kier molecular flexibility index (Phi) is 4.98. The summed E-state index contributed by atoms with van der Waals surface area (Å²) in [6.45, 7) is 2.93. The fourth-order valence-corrected chi connectivity index (χ4v) is 2.33. The van der Waals surface area contributed by atoms with Crippen molar-refractivity contribution in [3.8, 4) is 0 Å². The number of hydrogen-bond donors (Lipinski definition) is 2. The number of aliphatic carboxylic acids is 1. The smallest absolute Gasteiger partial charge is 0.329 e. The highest BCUT2D eigenvalue weighted by atomic mass is 79.9. The summed E-state index contributed by atoms with van der Waals surface area (Å²) in [5.41, 5.74) is -0.715. The number of amides is 2. The molecular formula is C12H14Br2N2O3. The highest BCUT2D eigenvalue weighted by molar-refractivity contribution is 9.11. The fourth-order valence-electron chi connectivity index (χ4n) is 1.19. The first-order chi connectivity index (χ1) is 8.66. The standard InChI is InChI=1S/C12H14Br2N2O3/c1-12(2,10(17)18)16(3)11(19)15-9-5-4-7(13)6-8(9)14/h4-6H,1-3H3,(H,15,19)(H,17,18). The molecule has 7 heteroatoms. The van der Waals surface area contributed by atoms with Crippen LogP contribution >= 0.6 is 31.9 Å². The first-order valence-electron chi connectivity index (χ1n) is 5.39. The van der Waals surface area contributed by atoms with Crippen LogP contribution in [0.25, 0.3) is 0 Å². The Morgan fingerprint density at radius 1 is 1.32 bits per heavy atom. The molecule has 0 aromatic heterocycles. The summed E-state index contributed by atoms with van der Waals surface area (Å²) in [6, 6.07) is 4.80. The molecule has 0 aliphatic carbocycles. The number of nitrogens with zero attached hydrogens (tertiary/aromatic N) is 1. The van der Waals surface area contributed by atoms with Gasteiger partial charge in [0.25, 0.3) is 0 Å². The van der Waals surface area contributed by atoms with Crippen LogP contribution in [0.15, 0.2) is 27.1 Å². The molecule has 0 saturated carbocycles. The molecule has 19 heavy (non-hydrogen) atoms. The van der Waals surface area contributed by atoms with Crippen molar-refractivity contribution in [1.29, 1.82) is 0 Å². The van der Waals surface area contributed by atoms with Gasteiger partial charge in [-0.1, -0.05) is 15.9 Å². The molecule has 0 heterocycles. The van der Waals surface area contributed by atoms with Gasteiger partial charge in [0.15, 0.2) is 0 Å². The van der Waals surface area contributed by atoms with Gasteiger partial charge in [-0.25, -0.2) is 9.59 Å². The molecule has 104 valence electrons. The van der Waals surface area contributed by atoms with Gasteiger partial charge in [-0.2, -0.15) is 0 Å². The second-order valence-corrected chi connectivity index (χ2v) is 6.25. The molecule has 0 radical (unpaired) electrons. The topological polar surface area (TPSA) is 69.6 Å². The maximum absolute atomic E-state index is 12.0. The predicted molar refractivity (Wildman–Crippen MR) is 80.3 cm³/mol. The van der Waals surface area contributed by atoms with E-state index in [1.807, 2.05) is 0 Å². The zero-order valence-corrected chi connectivity index (χ0v) is 13.9. The monoisotopic (exact) mass is 392 g/mol. The third-order valence-corrected chi connectivity index (χ3v) is 3.99. The van der Waals surface area contributed by atoms with Crippen molar-refractivity contribution in [2.24, 2.45) is 0 Å². The second kappa shape index (κ2) is 5.92. The highest BCUT2D eigenvalue weighted by Crippen LogP contribution is 2.26. The van der Waals surface area contributed by atoms with Gasteiger partial charge >= 0.3 is 12.0 Å². The number of nitrogens with one attached hydrogen (secondary N) is 1. The third kappa shape index (κ3) is 3.70. The van der Waals surface area contributed by atoms with Crippen LogP contribution < -0.4 is 5.32 Å². The Balaban J connectivity index is 2.88. The summed E-state index contributed by atoms with van der Waals surface area (Å²) in [5, 5.41) is 11.7. The van der Waals surface area contributed by atoms with Gasteiger partial charge in [-0.3, -0.25) is 0 Å². The van der Waals surface area contributed by atoms with Gasteiger partial charge < -0.3 is 15.3 Å². The van der Waals surface area contributed by atoms with Gasteiger partial charge in [-0.15, -0.1) is 0 Å². The van der Waals surface area contributed by atoms with E-state index in [-0.39, 0.29) is 0 Å². The lowest BCUT2D eigenvalue weighted by atomic mass is 10.1. The number of carbonyl (C=O) groups is 2. The summed E-state index contributed by atoms with van der Waals surface area (Å²) in [5.74, 6) is -1.07. The fraction of sp³-hybridized carbons (Fsp3) is 0.333. The van der Waals surface area contributed by atoms with Crippen molar-refractivity contribution in [3.05, 3.63) is 27.1 Å². The molecule has 0 unspecified atom stereocenters. The van der Waals surface area contributed by atoms with E-state index in [9.17, 15) is 9.59 Å². The quantitative estimate of drug-likeness (QED) is 0.825. The number of benzene rings is 1. The van der Waals surface area contributed by atoms with Crippen LogP contribution in [-0.4, -0.2) is 34.6 Å². The van der Waals surface area contributed by atoms with E-state index in [4.69, 9.17) is 5.11 Å². The average Bonchev–Trinajstić information content (AvgIpc) is 2.31. The SMILES string of the molecule is CN(C(=O)Nc1ccc(Br)cc1Br)C(C)(C)C(=O)O. The van der Waals surface area contributed by atoms with Crippen LogP contribution in [0, 0.1) is 0 Å². The predicted octanol–water partition coefficient (Wildman–Crippen LogP) is 3.54. The summed E-state index contributed by atoms with van der Waals surface area (Å²) >= 11 is 6.64. The lowest BCUT2D eigenvalue weighted by Gasteiger charge is -2.31. The van der Waals surface area contributed by atoms with Gasteiger partial charge in [0.05, 0.1) is 5.69 Å². The van der Waals surface area contributed by atoms with Crippen LogP contribution in [0.5, 0.6) is 0 Å². The molecule has 1 rings (SSSR count). The Hall–Kier alpha value is -1.08.